The zero-order valence-corrected chi connectivity index (χ0v) is 17.5. The van der Waals surface area contributed by atoms with Crippen LogP contribution in [-0.2, 0) is 9.84 Å². The van der Waals surface area contributed by atoms with Gasteiger partial charge < -0.3 is 0 Å². The normalized spacial score (nSPS) is 42.4. The largest absolute Gasteiger partial charge is 0.294 e. The van der Waals surface area contributed by atoms with Gasteiger partial charge in [-0.15, -0.1) is 0 Å². The van der Waals surface area contributed by atoms with Crippen molar-refractivity contribution in [1.82, 2.24) is 0 Å². The van der Waals surface area contributed by atoms with Gasteiger partial charge in [0.2, 0.25) is 0 Å². The molecule has 0 amide bonds. The summed E-state index contributed by atoms with van der Waals surface area (Å²) in [6.07, 6.45) is 4.52. The number of hydrogen-bond donors (Lipinski definition) is 0. The third-order valence-electron chi connectivity index (χ3n) is 6.73. The Kier molecular flexibility index (Phi) is 3.33. The van der Waals surface area contributed by atoms with E-state index in [1.165, 1.54) is 12.8 Å². The van der Waals surface area contributed by atoms with E-state index in [0.717, 1.165) is 16.4 Å². The summed E-state index contributed by atoms with van der Waals surface area (Å²) in [6, 6.07) is 3.66. The zero-order chi connectivity index (χ0) is 16.1. The monoisotopic (exact) mass is 554 g/mol. The van der Waals surface area contributed by atoms with E-state index in [1.807, 2.05) is 6.07 Å². The molecule has 122 valence electrons. The van der Waals surface area contributed by atoms with Crippen molar-refractivity contribution in [3.8, 4) is 0 Å². The van der Waals surface area contributed by atoms with Gasteiger partial charge in [-0.3, -0.25) is 4.79 Å². The van der Waals surface area contributed by atoms with Gasteiger partial charge in [0.25, 0.3) is 0 Å². The molecule has 0 radical (unpaired) electrons. The van der Waals surface area contributed by atoms with Gasteiger partial charge in [-0.05, 0) is 100 Å². The molecule has 5 rings (SSSR count). The van der Waals surface area contributed by atoms with E-state index in [9.17, 15) is 13.2 Å². The van der Waals surface area contributed by atoms with Crippen molar-refractivity contribution in [2.45, 2.75) is 35.8 Å². The summed E-state index contributed by atoms with van der Waals surface area (Å²) in [7, 11) is -3.40. The fourth-order valence-corrected chi connectivity index (χ4v) is 11.5. The Bertz CT molecular complexity index is 848. The average molecular weight is 554 g/mol. The highest BCUT2D eigenvalue weighted by atomic mass is 127. The Morgan fingerprint density at radius 3 is 2.43 bits per heavy atom. The highest BCUT2D eigenvalue weighted by Crippen LogP contribution is 2.65. The number of rotatable bonds is 0. The molecule has 6 atom stereocenters. The van der Waals surface area contributed by atoms with Crippen molar-refractivity contribution in [2.75, 3.05) is 0 Å². The van der Waals surface area contributed by atoms with Crippen molar-refractivity contribution in [2.24, 2.45) is 29.6 Å². The van der Waals surface area contributed by atoms with Crippen LogP contribution in [-0.4, -0.2) is 19.5 Å². The summed E-state index contributed by atoms with van der Waals surface area (Å²) in [5, 5.41) is -0.444. The van der Waals surface area contributed by atoms with Gasteiger partial charge in [0.1, 0.15) is 0 Å². The van der Waals surface area contributed by atoms with Crippen molar-refractivity contribution >= 4 is 60.8 Å². The highest BCUT2D eigenvalue weighted by molar-refractivity contribution is 14.1. The van der Waals surface area contributed by atoms with Crippen LogP contribution >= 0.6 is 45.2 Å². The van der Waals surface area contributed by atoms with Gasteiger partial charge in [0.05, 0.1) is 10.1 Å². The van der Waals surface area contributed by atoms with Gasteiger partial charge >= 0.3 is 0 Å². The van der Waals surface area contributed by atoms with E-state index in [4.69, 9.17) is 0 Å². The quantitative estimate of drug-likeness (QED) is 0.458. The molecule has 23 heavy (non-hydrogen) atoms. The number of carbonyl (C=O) groups is 1. The van der Waals surface area contributed by atoms with Crippen molar-refractivity contribution in [3.05, 3.63) is 24.8 Å². The maximum atomic E-state index is 13.4. The predicted octanol–water partition coefficient (Wildman–Crippen LogP) is 3.92. The standard InChI is InChI=1S/C17H16I2O3S/c18-7-4-12-15(20)14-10-6-11(9-3-1-2-8(9)10)17(14)23(21,22)16(12)13(19)5-7/h4-5,8-11,14,17H,1-3,6H2. The lowest BCUT2D eigenvalue weighted by Gasteiger charge is -2.40. The lowest BCUT2D eigenvalue weighted by atomic mass is 9.72. The van der Waals surface area contributed by atoms with E-state index < -0.39 is 15.1 Å². The van der Waals surface area contributed by atoms with E-state index in [1.54, 1.807) is 6.07 Å². The topological polar surface area (TPSA) is 51.2 Å². The molecule has 4 aliphatic rings. The molecule has 0 N–H and O–H groups in total. The number of ketones is 1. The average Bonchev–Trinajstić information content (AvgIpc) is 3.14. The second kappa shape index (κ2) is 4.93. The first-order chi connectivity index (χ1) is 10.9. The second-order valence-corrected chi connectivity index (χ2v) is 11.9. The number of benzene rings is 1. The second-order valence-electron chi connectivity index (χ2n) is 7.49. The minimum absolute atomic E-state index is 0.106. The van der Waals surface area contributed by atoms with E-state index in [-0.39, 0.29) is 17.6 Å². The van der Waals surface area contributed by atoms with Crippen molar-refractivity contribution < 1.29 is 13.2 Å². The number of Topliss-reactive ketones (excluding diaryl/α,β-unsaturated/α-hetero) is 1. The molecule has 6 heteroatoms. The first-order valence-electron chi connectivity index (χ1n) is 8.18. The van der Waals surface area contributed by atoms with Crippen LogP contribution in [0.15, 0.2) is 17.0 Å². The summed E-state index contributed by atoms with van der Waals surface area (Å²) in [5.74, 6) is 1.51. The Hall–Kier alpha value is 0.300. The van der Waals surface area contributed by atoms with Crippen LogP contribution in [0.25, 0.3) is 0 Å². The first-order valence-corrected chi connectivity index (χ1v) is 11.9. The molecule has 6 unspecified atom stereocenters. The van der Waals surface area contributed by atoms with Gasteiger partial charge in [-0.25, -0.2) is 8.42 Å². The molecular weight excluding hydrogens is 538 g/mol. The molecule has 1 heterocycles. The predicted molar refractivity (Wildman–Crippen MR) is 103 cm³/mol. The zero-order valence-electron chi connectivity index (χ0n) is 12.3. The summed E-state index contributed by atoms with van der Waals surface area (Å²) in [6.45, 7) is 0. The number of fused-ring (bicyclic) bond motifs is 9. The number of carbonyl (C=O) groups excluding carboxylic acids is 1. The molecule has 0 spiro atoms. The third kappa shape index (κ3) is 1.86. The van der Waals surface area contributed by atoms with Crippen molar-refractivity contribution in [3.63, 3.8) is 0 Å². The van der Waals surface area contributed by atoms with E-state index in [2.05, 4.69) is 45.2 Å². The van der Waals surface area contributed by atoms with Crippen LogP contribution in [0.3, 0.4) is 0 Å². The molecule has 3 fully saturated rings. The van der Waals surface area contributed by atoms with Gasteiger partial charge in [-0.1, -0.05) is 6.42 Å². The van der Waals surface area contributed by atoms with Crippen LogP contribution < -0.4 is 0 Å². The lowest BCUT2D eigenvalue weighted by Crippen LogP contribution is -2.48. The smallest absolute Gasteiger partial charge is 0.184 e. The van der Waals surface area contributed by atoms with Crippen LogP contribution in [0.1, 0.15) is 36.0 Å². The molecule has 1 aromatic carbocycles. The fraction of sp³-hybridized carbons (Fsp3) is 0.588. The van der Waals surface area contributed by atoms with Gasteiger partial charge in [0, 0.05) is 18.6 Å². The van der Waals surface area contributed by atoms with E-state index in [0.29, 0.717) is 31.8 Å². The number of halogens is 2. The Morgan fingerprint density at radius 1 is 1.00 bits per heavy atom. The SMILES string of the molecule is O=C1c2cc(I)cc(I)c2S(=O)(=O)C2C3CC(C4CCCC43)C12. The Morgan fingerprint density at radius 2 is 1.70 bits per heavy atom. The minimum atomic E-state index is -3.40. The maximum absolute atomic E-state index is 13.4. The van der Waals surface area contributed by atoms with Crippen LogP contribution in [0.5, 0.6) is 0 Å². The molecule has 3 nitrogen and oxygen atoms in total. The van der Waals surface area contributed by atoms with Crippen LogP contribution in [0, 0.1) is 36.7 Å². The summed E-state index contributed by atoms with van der Waals surface area (Å²) >= 11 is 4.25. The first kappa shape index (κ1) is 15.5. The Balaban J connectivity index is 1.75. The minimum Gasteiger partial charge on any atom is -0.294 e. The summed E-state index contributed by atoms with van der Waals surface area (Å²) in [5.41, 5.74) is 0.463. The lowest BCUT2D eigenvalue weighted by molar-refractivity contribution is 0.0803. The van der Waals surface area contributed by atoms with Crippen molar-refractivity contribution in [1.29, 1.82) is 0 Å². The van der Waals surface area contributed by atoms with E-state index >= 15 is 0 Å². The fourth-order valence-electron chi connectivity index (χ4n) is 6.16. The highest BCUT2D eigenvalue weighted by Gasteiger charge is 2.66. The molecule has 1 aliphatic heterocycles. The maximum Gasteiger partial charge on any atom is 0.184 e. The third-order valence-corrected chi connectivity index (χ3v) is 10.9. The van der Waals surface area contributed by atoms with Gasteiger partial charge in [0.15, 0.2) is 15.6 Å². The summed E-state index contributed by atoms with van der Waals surface area (Å²) < 4.78 is 28.4. The molecule has 2 bridgehead atoms. The number of hydrogen-bond acceptors (Lipinski definition) is 3. The van der Waals surface area contributed by atoms with Crippen LogP contribution in [0.4, 0.5) is 0 Å². The molecule has 3 saturated carbocycles. The molecule has 1 aromatic rings. The Labute approximate surface area is 163 Å². The number of sulfone groups is 1. The summed E-state index contributed by atoms with van der Waals surface area (Å²) in [4.78, 5) is 13.5. The van der Waals surface area contributed by atoms with Crippen LogP contribution in [0.2, 0.25) is 0 Å². The van der Waals surface area contributed by atoms with Gasteiger partial charge in [-0.2, -0.15) is 0 Å². The molecule has 0 saturated heterocycles. The molecule has 3 aliphatic carbocycles. The molecule has 0 aromatic heterocycles. The molecular formula is C17H16I2O3S.